The van der Waals surface area contributed by atoms with Gasteiger partial charge < -0.3 is 0 Å². The molecule has 0 saturated carbocycles. The lowest BCUT2D eigenvalue weighted by molar-refractivity contribution is -0.152. The van der Waals surface area contributed by atoms with Crippen LogP contribution in [-0.4, -0.2) is 16.9 Å². The van der Waals surface area contributed by atoms with Gasteiger partial charge in [-0.1, -0.05) is 39.8 Å². The van der Waals surface area contributed by atoms with Crippen LogP contribution in [0.4, 0.5) is 4.48 Å². The second-order valence-corrected chi connectivity index (χ2v) is 3.87. The summed E-state index contributed by atoms with van der Waals surface area (Å²) in [6.07, 6.45) is 0.889. The monoisotopic (exact) mass is 259 g/mol. The van der Waals surface area contributed by atoms with Crippen LogP contribution in [0.2, 0.25) is 10.0 Å². The molecule has 1 aromatic carbocycles. The zero-order chi connectivity index (χ0) is 11.9. The number of carbonyl (C=O) groups excluding carboxylic acids is 2. The van der Waals surface area contributed by atoms with Gasteiger partial charge in [-0.15, -0.1) is 5.12 Å². The van der Waals surface area contributed by atoms with Gasteiger partial charge >= 0.3 is 0 Å². The van der Waals surface area contributed by atoms with Crippen molar-refractivity contribution in [2.75, 3.05) is 0 Å². The summed E-state index contributed by atoms with van der Waals surface area (Å²) in [6, 6.07) is 4.58. The van der Waals surface area contributed by atoms with Gasteiger partial charge in [-0.2, -0.15) is 0 Å². The van der Waals surface area contributed by atoms with Crippen molar-refractivity contribution in [1.29, 1.82) is 0 Å². The minimum absolute atomic E-state index is 0.0972. The molecule has 2 amide bonds. The number of amides is 2. The van der Waals surface area contributed by atoms with Gasteiger partial charge in [0.05, 0.1) is 15.6 Å². The van der Waals surface area contributed by atoms with Crippen LogP contribution < -0.4 is 0 Å². The van der Waals surface area contributed by atoms with E-state index in [9.17, 15) is 14.1 Å². The first-order valence-corrected chi connectivity index (χ1v) is 4.98. The predicted molar refractivity (Wildman–Crippen MR) is 57.4 cm³/mol. The van der Waals surface area contributed by atoms with E-state index in [0.717, 1.165) is 6.08 Å². The van der Waals surface area contributed by atoms with E-state index in [-0.39, 0.29) is 21.2 Å². The van der Waals surface area contributed by atoms with Crippen LogP contribution in [-0.2, 0) is 9.59 Å². The molecule has 2 rings (SSSR count). The third-order valence-electron chi connectivity index (χ3n) is 2.11. The van der Waals surface area contributed by atoms with Crippen LogP contribution in [0.1, 0.15) is 5.56 Å². The second kappa shape index (κ2) is 3.88. The van der Waals surface area contributed by atoms with E-state index < -0.39 is 16.9 Å². The van der Waals surface area contributed by atoms with Gasteiger partial charge in [0, 0.05) is 11.6 Å². The van der Waals surface area contributed by atoms with Crippen molar-refractivity contribution in [3.63, 3.8) is 0 Å². The topological polar surface area (TPSA) is 37.4 Å². The lowest BCUT2D eigenvalue weighted by Crippen LogP contribution is -2.21. The van der Waals surface area contributed by atoms with Gasteiger partial charge in [0.2, 0.25) is 0 Å². The Bertz CT molecular complexity index is 528. The maximum atomic E-state index is 12.9. The first kappa shape index (κ1) is 11.1. The van der Waals surface area contributed by atoms with Crippen LogP contribution in [0, 0.1) is 0 Å². The normalized spacial score (nSPS) is 15.7. The molecule has 0 radical (unpaired) electrons. The highest BCUT2D eigenvalue weighted by atomic mass is 35.5. The zero-order valence-electron chi connectivity index (χ0n) is 7.71. The lowest BCUT2D eigenvalue weighted by atomic mass is 10.1. The maximum absolute atomic E-state index is 12.9. The Balaban J connectivity index is 2.55. The molecule has 0 unspecified atom stereocenters. The predicted octanol–water partition coefficient (Wildman–Crippen LogP) is 2.63. The summed E-state index contributed by atoms with van der Waals surface area (Å²) in [5.74, 6) is -2.05. The highest BCUT2D eigenvalue weighted by Gasteiger charge is 2.33. The van der Waals surface area contributed by atoms with E-state index in [2.05, 4.69) is 0 Å². The summed E-state index contributed by atoms with van der Waals surface area (Å²) < 4.78 is 12.9. The largest absolute Gasteiger partial charge is 0.290 e. The number of nitrogens with zero attached hydrogens (tertiary/aromatic N) is 1. The van der Waals surface area contributed by atoms with Gasteiger partial charge in [-0.3, -0.25) is 9.59 Å². The summed E-state index contributed by atoms with van der Waals surface area (Å²) in [5, 5.41) is -0.114. The van der Waals surface area contributed by atoms with E-state index in [1.165, 1.54) is 12.1 Å². The Hall–Kier alpha value is -1.39. The van der Waals surface area contributed by atoms with Crippen LogP contribution in [0.15, 0.2) is 24.3 Å². The Labute approximate surface area is 100.0 Å². The Morgan fingerprint density at radius 1 is 1.19 bits per heavy atom. The van der Waals surface area contributed by atoms with Crippen molar-refractivity contribution in [2.24, 2.45) is 0 Å². The van der Waals surface area contributed by atoms with Crippen molar-refractivity contribution < 1.29 is 14.1 Å². The summed E-state index contributed by atoms with van der Waals surface area (Å²) in [4.78, 5) is 22.3. The molecule has 0 bridgehead atoms. The molecule has 16 heavy (non-hydrogen) atoms. The van der Waals surface area contributed by atoms with Gasteiger partial charge in [-0.25, -0.2) is 0 Å². The van der Waals surface area contributed by atoms with Gasteiger partial charge in [0.1, 0.15) is 0 Å². The van der Waals surface area contributed by atoms with Gasteiger partial charge in [0.25, 0.3) is 11.8 Å². The summed E-state index contributed by atoms with van der Waals surface area (Å²) in [7, 11) is 0. The van der Waals surface area contributed by atoms with E-state index in [1.807, 2.05) is 0 Å². The molecule has 0 atom stereocenters. The van der Waals surface area contributed by atoms with E-state index in [1.54, 1.807) is 6.07 Å². The van der Waals surface area contributed by atoms with Crippen LogP contribution >= 0.6 is 23.2 Å². The summed E-state index contributed by atoms with van der Waals surface area (Å²) in [5.41, 5.74) is 0.146. The molecule has 6 heteroatoms. The molecule has 3 nitrogen and oxygen atoms in total. The quantitative estimate of drug-likeness (QED) is 0.575. The van der Waals surface area contributed by atoms with E-state index in [4.69, 9.17) is 23.2 Å². The highest BCUT2D eigenvalue weighted by Crippen LogP contribution is 2.33. The van der Waals surface area contributed by atoms with Crippen LogP contribution in [0.5, 0.6) is 0 Å². The van der Waals surface area contributed by atoms with Crippen molar-refractivity contribution >= 4 is 40.6 Å². The van der Waals surface area contributed by atoms with Crippen LogP contribution in [0.25, 0.3) is 5.57 Å². The third kappa shape index (κ3) is 1.60. The molecule has 82 valence electrons. The summed E-state index contributed by atoms with van der Waals surface area (Å²) >= 11 is 11.6. The van der Waals surface area contributed by atoms with Crippen molar-refractivity contribution in [3.05, 3.63) is 39.9 Å². The fourth-order valence-corrected chi connectivity index (χ4v) is 1.75. The zero-order valence-corrected chi connectivity index (χ0v) is 9.22. The molecule has 1 aliphatic heterocycles. The Morgan fingerprint density at radius 3 is 2.44 bits per heavy atom. The SMILES string of the molecule is O=C1C=C(c2cccc(Cl)c2Cl)C(=O)N1F. The van der Waals surface area contributed by atoms with Crippen molar-refractivity contribution in [1.82, 2.24) is 5.12 Å². The molecule has 1 heterocycles. The summed E-state index contributed by atoms with van der Waals surface area (Å²) in [6.45, 7) is 0. The third-order valence-corrected chi connectivity index (χ3v) is 2.93. The highest BCUT2D eigenvalue weighted by molar-refractivity contribution is 6.45. The molecular formula is C10H4Cl2FNO2. The number of carbonyl (C=O) groups is 2. The molecule has 0 saturated heterocycles. The Kier molecular flexibility index (Phi) is 2.69. The number of rotatable bonds is 1. The molecule has 0 fully saturated rings. The van der Waals surface area contributed by atoms with Crippen molar-refractivity contribution in [2.45, 2.75) is 0 Å². The van der Waals surface area contributed by atoms with Crippen LogP contribution in [0.3, 0.4) is 0 Å². The first-order chi connectivity index (χ1) is 7.52. The lowest BCUT2D eigenvalue weighted by Gasteiger charge is -2.05. The molecule has 0 aliphatic carbocycles. The van der Waals surface area contributed by atoms with E-state index in [0.29, 0.717) is 0 Å². The molecule has 0 N–H and O–H groups in total. The number of imide groups is 1. The van der Waals surface area contributed by atoms with E-state index >= 15 is 0 Å². The number of benzene rings is 1. The minimum atomic E-state index is -1.03. The fraction of sp³-hybridized carbons (Fsp3) is 0. The molecule has 1 aliphatic rings. The smallest absolute Gasteiger partial charge is 0.267 e. The fourth-order valence-electron chi connectivity index (χ4n) is 1.35. The average Bonchev–Trinajstić information content (AvgIpc) is 2.50. The second-order valence-electron chi connectivity index (χ2n) is 3.08. The number of halogens is 3. The standard InChI is InChI=1S/C10H4Cl2FNO2/c11-7-3-1-2-5(9(7)12)6-4-8(15)14(13)10(6)16/h1-4H. The number of hydrogen-bond donors (Lipinski definition) is 0. The molecule has 1 aromatic rings. The molecule has 0 spiro atoms. The maximum Gasteiger partial charge on any atom is 0.290 e. The molecular weight excluding hydrogens is 256 g/mol. The Morgan fingerprint density at radius 2 is 1.88 bits per heavy atom. The average molecular weight is 260 g/mol. The van der Waals surface area contributed by atoms with Crippen molar-refractivity contribution in [3.8, 4) is 0 Å². The minimum Gasteiger partial charge on any atom is -0.267 e. The van der Waals surface area contributed by atoms with Gasteiger partial charge in [-0.05, 0) is 6.07 Å². The molecule has 0 aromatic heterocycles. The first-order valence-electron chi connectivity index (χ1n) is 4.22. The van der Waals surface area contributed by atoms with Gasteiger partial charge in [0.15, 0.2) is 0 Å². The number of hydrogen-bond acceptors (Lipinski definition) is 2.